The number of fused-ring (bicyclic) bond motifs is 13. The van der Waals surface area contributed by atoms with Crippen LogP contribution in [0.4, 0.5) is 0 Å². The smallest absolute Gasteiger partial charge is 0.145 e. The van der Waals surface area contributed by atoms with Gasteiger partial charge in [-0.2, -0.15) is 0 Å². The summed E-state index contributed by atoms with van der Waals surface area (Å²) in [7, 11) is 0. The Labute approximate surface area is 409 Å². The number of hydrogen-bond acceptors (Lipinski definition) is 1. The van der Waals surface area contributed by atoms with Crippen LogP contribution in [0.2, 0.25) is 0 Å². The van der Waals surface area contributed by atoms with Gasteiger partial charge >= 0.3 is 0 Å². The minimum Gasteiger partial charge on any atom is -0.309 e. The number of rotatable bonds is 6. The first-order chi connectivity index (χ1) is 35.2. The maximum absolute atomic E-state index is 5.65. The molecule has 0 bridgehead atoms. The molecule has 0 amide bonds. The first-order valence-electron chi connectivity index (χ1n) is 24.4. The summed E-state index contributed by atoms with van der Waals surface area (Å²) in [6, 6.07) is 92.9. The van der Waals surface area contributed by atoms with Crippen LogP contribution in [0.1, 0.15) is 0 Å². The van der Waals surface area contributed by atoms with Crippen molar-refractivity contribution in [2.75, 3.05) is 0 Å². The van der Waals surface area contributed by atoms with Crippen molar-refractivity contribution in [2.45, 2.75) is 0 Å². The van der Waals surface area contributed by atoms with Gasteiger partial charge in [0.05, 0.1) is 33.1 Å². The molecule has 0 aliphatic heterocycles. The maximum Gasteiger partial charge on any atom is 0.145 e. The summed E-state index contributed by atoms with van der Waals surface area (Å²) < 4.78 is 7.14. The Hall–Kier alpha value is -9.51. The van der Waals surface area contributed by atoms with E-state index in [1.54, 1.807) is 0 Å². The van der Waals surface area contributed by atoms with Crippen LogP contribution in [0.5, 0.6) is 0 Å². The zero-order valence-electron chi connectivity index (χ0n) is 38.5. The molecule has 15 rings (SSSR count). The number of aromatic nitrogens is 4. The van der Waals surface area contributed by atoms with E-state index in [4.69, 9.17) is 4.98 Å². The summed E-state index contributed by atoms with van der Waals surface area (Å²) >= 11 is 0. The van der Waals surface area contributed by atoms with E-state index in [9.17, 15) is 0 Å². The van der Waals surface area contributed by atoms with E-state index in [0.29, 0.717) is 0 Å². The van der Waals surface area contributed by atoms with Crippen LogP contribution in [0.15, 0.2) is 255 Å². The van der Waals surface area contributed by atoms with Crippen molar-refractivity contribution < 1.29 is 0 Å². The van der Waals surface area contributed by atoms with Gasteiger partial charge in [-0.15, -0.1) is 0 Å². The monoisotopic (exact) mass is 902 g/mol. The average Bonchev–Trinajstić information content (AvgIpc) is 4.12. The number of hydrogen-bond donors (Lipinski definition) is 0. The van der Waals surface area contributed by atoms with Gasteiger partial charge in [-0.3, -0.25) is 4.57 Å². The van der Waals surface area contributed by atoms with Gasteiger partial charge < -0.3 is 9.13 Å². The molecule has 0 saturated heterocycles. The standard InChI is InChI=1S/C67H42N4/c1-2-16-50(17-3-1)71-66-58-39-33-48(45-30-36-52(37-31-45)70-63-24-12-8-20-55(63)56-21-9-13-25-64(56)70)42-60(58)59-41-47(32-38-57(59)65(66)68-67(71)49-27-26-43-14-4-5-15-46(43)40-49)44-28-34-51(35-29-44)69-61-22-10-6-18-53(61)54-19-7-11-23-62(54)69/h1-42H. The number of nitrogens with zero attached hydrogens (tertiary/aromatic N) is 4. The van der Waals surface area contributed by atoms with E-state index in [1.807, 2.05) is 0 Å². The second-order valence-corrected chi connectivity index (χ2v) is 18.7. The van der Waals surface area contributed by atoms with E-state index in [2.05, 4.69) is 268 Å². The molecule has 0 spiro atoms. The molecule has 3 heterocycles. The SMILES string of the molecule is c1ccc(-n2c(-c3ccc4ccccc4c3)nc3c4ccc(-c5ccc(-n6c7ccccc7c7ccccc76)cc5)cc4c4cc(-c5ccc(-n6c7ccccc7c7ccccc76)cc5)ccc4c32)cc1. The van der Waals surface area contributed by atoms with Crippen molar-refractivity contribution >= 4 is 87.0 Å². The van der Waals surface area contributed by atoms with Crippen molar-refractivity contribution in [3.8, 4) is 50.7 Å². The fourth-order valence-corrected chi connectivity index (χ4v) is 11.5. The highest BCUT2D eigenvalue weighted by molar-refractivity contribution is 6.25. The lowest BCUT2D eigenvalue weighted by Gasteiger charge is -2.15. The zero-order valence-corrected chi connectivity index (χ0v) is 38.5. The molecule has 330 valence electrons. The van der Waals surface area contributed by atoms with E-state index >= 15 is 0 Å². The van der Waals surface area contributed by atoms with Crippen LogP contribution in [0.3, 0.4) is 0 Å². The molecule has 3 aromatic heterocycles. The van der Waals surface area contributed by atoms with E-state index < -0.39 is 0 Å². The van der Waals surface area contributed by atoms with Crippen LogP contribution in [0, 0.1) is 0 Å². The second-order valence-electron chi connectivity index (χ2n) is 18.7. The van der Waals surface area contributed by atoms with Crippen molar-refractivity contribution in [1.82, 2.24) is 18.7 Å². The number of para-hydroxylation sites is 5. The largest absolute Gasteiger partial charge is 0.309 e. The quantitative estimate of drug-likeness (QED) is 0.153. The van der Waals surface area contributed by atoms with Gasteiger partial charge in [0.1, 0.15) is 5.82 Å². The van der Waals surface area contributed by atoms with Crippen LogP contribution < -0.4 is 0 Å². The van der Waals surface area contributed by atoms with Crippen LogP contribution in [0.25, 0.3) is 138 Å². The van der Waals surface area contributed by atoms with Crippen molar-refractivity contribution in [3.63, 3.8) is 0 Å². The molecular weight excluding hydrogens is 861 g/mol. The van der Waals surface area contributed by atoms with Gasteiger partial charge in [-0.25, -0.2) is 4.98 Å². The molecule has 71 heavy (non-hydrogen) atoms. The van der Waals surface area contributed by atoms with Crippen molar-refractivity contribution in [1.29, 1.82) is 0 Å². The zero-order chi connectivity index (χ0) is 46.6. The molecule has 0 unspecified atom stereocenters. The second kappa shape index (κ2) is 15.5. The third kappa shape index (κ3) is 6.08. The van der Waals surface area contributed by atoms with Gasteiger partial charge in [0.2, 0.25) is 0 Å². The van der Waals surface area contributed by atoms with E-state index in [0.717, 1.165) is 72.5 Å². The third-order valence-corrected chi connectivity index (χ3v) is 14.8. The Morgan fingerprint density at radius 3 is 1.18 bits per heavy atom. The predicted octanol–water partition coefficient (Wildman–Crippen LogP) is 17.7. The maximum atomic E-state index is 5.65. The Balaban J connectivity index is 0.937. The molecule has 0 fully saturated rings. The minimum atomic E-state index is 0.917. The molecule has 4 nitrogen and oxygen atoms in total. The first-order valence-corrected chi connectivity index (χ1v) is 24.4. The van der Waals surface area contributed by atoms with E-state index in [-0.39, 0.29) is 0 Å². The van der Waals surface area contributed by atoms with Crippen LogP contribution >= 0.6 is 0 Å². The predicted molar refractivity (Wildman–Crippen MR) is 299 cm³/mol. The lowest BCUT2D eigenvalue weighted by Crippen LogP contribution is -1.98. The third-order valence-electron chi connectivity index (χ3n) is 14.8. The summed E-state index contributed by atoms with van der Waals surface area (Å²) in [5.74, 6) is 0.917. The Kier molecular flexibility index (Phi) is 8.62. The summed E-state index contributed by atoms with van der Waals surface area (Å²) in [6.45, 7) is 0. The number of imidazole rings is 1. The normalized spacial score (nSPS) is 11.9. The van der Waals surface area contributed by atoms with Gasteiger partial charge in [0.15, 0.2) is 0 Å². The molecular formula is C67H42N4. The highest BCUT2D eigenvalue weighted by Crippen LogP contribution is 2.43. The first kappa shape index (κ1) is 39.5. The minimum absolute atomic E-state index is 0.917. The summed E-state index contributed by atoms with van der Waals surface area (Å²) in [5.41, 5.74) is 16.0. The molecule has 4 heteroatoms. The van der Waals surface area contributed by atoms with Crippen molar-refractivity contribution in [2.24, 2.45) is 0 Å². The number of benzene rings is 12. The molecule has 12 aromatic carbocycles. The molecule has 15 aromatic rings. The van der Waals surface area contributed by atoms with Gasteiger partial charge in [-0.1, -0.05) is 176 Å². The van der Waals surface area contributed by atoms with Crippen molar-refractivity contribution in [3.05, 3.63) is 255 Å². The molecule has 0 N–H and O–H groups in total. The average molecular weight is 903 g/mol. The fourth-order valence-electron chi connectivity index (χ4n) is 11.5. The fraction of sp³-hybridized carbons (Fsp3) is 0. The van der Waals surface area contributed by atoms with Crippen LogP contribution in [-0.4, -0.2) is 18.7 Å². The van der Waals surface area contributed by atoms with Gasteiger partial charge in [0, 0.05) is 54.9 Å². The van der Waals surface area contributed by atoms with Gasteiger partial charge in [0.25, 0.3) is 0 Å². The molecule has 0 saturated carbocycles. The molecule has 0 radical (unpaired) electrons. The molecule has 0 aliphatic carbocycles. The topological polar surface area (TPSA) is 27.7 Å². The summed E-state index contributed by atoms with van der Waals surface area (Å²) in [4.78, 5) is 5.65. The Bertz CT molecular complexity index is 4500. The highest BCUT2D eigenvalue weighted by Gasteiger charge is 2.22. The molecule has 0 atom stereocenters. The summed E-state index contributed by atoms with van der Waals surface area (Å²) in [5, 5.41) is 12.1. The highest BCUT2D eigenvalue weighted by atomic mass is 15.1. The van der Waals surface area contributed by atoms with Gasteiger partial charge in [-0.05, 0) is 123 Å². The van der Waals surface area contributed by atoms with Crippen LogP contribution in [-0.2, 0) is 0 Å². The summed E-state index contributed by atoms with van der Waals surface area (Å²) in [6.07, 6.45) is 0. The Morgan fingerprint density at radius 2 is 0.648 bits per heavy atom. The molecule has 0 aliphatic rings. The Morgan fingerprint density at radius 1 is 0.239 bits per heavy atom. The lowest BCUT2D eigenvalue weighted by molar-refractivity contribution is 1.11. The van der Waals surface area contributed by atoms with E-state index in [1.165, 1.54) is 65.2 Å². The lowest BCUT2D eigenvalue weighted by atomic mass is 9.93.